The lowest BCUT2D eigenvalue weighted by molar-refractivity contribution is 0.0729. The third kappa shape index (κ3) is 3.50. The maximum atomic E-state index is 13.3. The second-order valence-corrected chi connectivity index (χ2v) is 8.02. The van der Waals surface area contributed by atoms with Gasteiger partial charge in [-0.3, -0.25) is 14.2 Å². The van der Waals surface area contributed by atoms with Crippen molar-refractivity contribution in [2.45, 2.75) is 46.6 Å². The maximum Gasteiger partial charge on any atom is 0.268 e. The van der Waals surface area contributed by atoms with Gasteiger partial charge in [0.05, 0.1) is 17.9 Å². The third-order valence-corrected chi connectivity index (χ3v) is 5.57. The molecule has 1 N–H and O–H groups in total. The van der Waals surface area contributed by atoms with Gasteiger partial charge in [-0.2, -0.15) is 0 Å². The molecular weight excluding hydrogens is 364 g/mol. The molecule has 0 radical (unpaired) electrons. The summed E-state index contributed by atoms with van der Waals surface area (Å²) in [6.07, 6.45) is 2.45. The molecule has 0 bridgehead atoms. The number of pyridine rings is 1. The second kappa shape index (κ2) is 7.35. The van der Waals surface area contributed by atoms with Crippen molar-refractivity contribution >= 4 is 5.91 Å². The van der Waals surface area contributed by atoms with Crippen LogP contribution in [0.25, 0.3) is 5.69 Å². The van der Waals surface area contributed by atoms with Crippen molar-refractivity contribution in [1.82, 2.24) is 19.4 Å². The molecule has 2 aromatic heterocycles. The SMILES string of the molecule is Cc1nc2c([nH]1)CN(C(=O)c1c(C)ccn(-c3cccc(C(C)C)c3)c1=O)CC2. The number of fused-ring (bicyclic) bond motifs is 1. The molecule has 0 saturated heterocycles. The summed E-state index contributed by atoms with van der Waals surface area (Å²) in [6.45, 7) is 8.98. The topological polar surface area (TPSA) is 71.0 Å². The van der Waals surface area contributed by atoms with Crippen molar-refractivity contribution in [3.8, 4) is 5.69 Å². The molecule has 0 aliphatic carbocycles. The molecule has 0 saturated carbocycles. The van der Waals surface area contributed by atoms with Crippen LogP contribution in [-0.4, -0.2) is 31.9 Å². The predicted octanol–water partition coefficient (Wildman–Crippen LogP) is 3.50. The normalized spacial score (nSPS) is 13.6. The molecule has 1 aromatic carbocycles. The fourth-order valence-electron chi connectivity index (χ4n) is 3.89. The van der Waals surface area contributed by atoms with Crippen LogP contribution in [-0.2, 0) is 13.0 Å². The van der Waals surface area contributed by atoms with Crippen molar-refractivity contribution in [1.29, 1.82) is 0 Å². The quantitative estimate of drug-likeness (QED) is 0.744. The van der Waals surface area contributed by atoms with Crippen molar-refractivity contribution in [2.24, 2.45) is 0 Å². The van der Waals surface area contributed by atoms with Gasteiger partial charge >= 0.3 is 0 Å². The molecule has 6 nitrogen and oxygen atoms in total. The highest BCUT2D eigenvalue weighted by Gasteiger charge is 2.27. The summed E-state index contributed by atoms with van der Waals surface area (Å²) < 4.78 is 1.57. The fourth-order valence-corrected chi connectivity index (χ4v) is 3.89. The van der Waals surface area contributed by atoms with Crippen LogP contribution in [0, 0.1) is 13.8 Å². The first-order valence-corrected chi connectivity index (χ1v) is 10.0. The number of imidazole rings is 1. The Kier molecular flexibility index (Phi) is 4.86. The number of amides is 1. The number of aromatic amines is 1. The Labute approximate surface area is 170 Å². The molecule has 0 atom stereocenters. The summed E-state index contributed by atoms with van der Waals surface area (Å²) in [5.41, 5.74) is 4.56. The third-order valence-electron chi connectivity index (χ3n) is 5.57. The van der Waals surface area contributed by atoms with Gasteiger partial charge in [0.2, 0.25) is 0 Å². The van der Waals surface area contributed by atoms with E-state index in [1.807, 2.05) is 38.1 Å². The summed E-state index contributed by atoms with van der Waals surface area (Å²) in [4.78, 5) is 36.0. The molecule has 0 spiro atoms. The number of hydrogen-bond acceptors (Lipinski definition) is 3. The van der Waals surface area contributed by atoms with Gasteiger partial charge in [-0.1, -0.05) is 26.0 Å². The zero-order chi connectivity index (χ0) is 20.7. The van der Waals surface area contributed by atoms with E-state index in [0.717, 1.165) is 28.5 Å². The maximum absolute atomic E-state index is 13.3. The lowest BCUT2D eigenvalue weighted by atomic mass is 10.0. The van der Waals surface area contributed by atoms with Gasteiger partial charge in [-0.25, -0.2) is 4.98 Å². The Hall–Kier alpha value is -3.15. The van der Waals surface area contributed by atoms with Crippen LogP contribution in [0.3, 0.4) is 0 Å². The van der Waals surface area contributed by atoms with Crippen LogP contribution in [0.1, 0.15) is 58.5 Å². The van der Waals surface area contributed by atoms with Gasteiger partial charge in [0, 0.05) is 24.8 Å². The van der Waals surface area contributed by atoms with E-state index >= 15 is 0 Å². The number of rotatable bonds is 3. The number of nitrogens with one attached hydrogen (secondary N) is 1. The van der Waals surface area contributed by atoms with Crippen molar-refractivity contribution in [2.75, 3.05) is 6.54 Å². The summed E-state index contributed by atoms with van der Waals surface area (Å²) in [5.74, 6) is 0.991. The Bertz CT molecular complexity index is 1140. The molecular formula is C23H26N4O2. The first kappa shape index (κ1) is 19.2. The summed E-state index contributed by atoms with van der Waals surface area (Å²) in [7, 11) is 0. The van der Waals surface area contributed by atoms with Gasteiger partial charge < -0.3 is 9.88 Å². The second-order valence-electron chi connectivity index (χ2n) is 8.02. The first-order valence-electron chi connectivity index (χ1n) is 10.0. The van der Waals surface area contributed by atoms with E-state index in [4.69, 9.17) is 0 Å². The molecule has 3 heterocycles. The van der Waals surface area contributed by atoms with Crippen LogP contribution < -0.4 is 5.56 Å². The molecule has 1 aliphatic rings. The highest BCUT2D eigenvalue weighted by Crippen LogP contribution is 2.20. The van der Waals surface area contributed by atoms with E-state index in [9.17, 15) is 9.59 Å². The molecule has 4 rings (SSSR count). The minimum Gasteiger partial charge on any atom is -0.344 e. The van der Waals surface area contributed by atoms with E-state index in [0.29, 0.717) is 31.0 Å². The van der Waals surface area contributed by atoms with Crippen LogP contribution in [0.4, 0.5) is 0 Å². The summed E-state index contributed by atoms with van der Waals surface area (Å²) >= 11 is 0. The van der Waals surface area contributed by atoms with Gasteiger partial charge in [0.1, 0.15) is 11.4 Å². The zero-order valence-electron chi connectivity index (χ0n) is 17.3. The van der Waals surface area contributed by atoms with Crippen LogP contribution >= 0.6 is 0 Å². The Morgan fingerprint density at radius 3 is 2.76 bits per heavy atom. The Balaban J connectivity index is 1.71. The minimum atomic E-state index is -0.275. The standard InChI is InChI=1S/C23H26N4O2/c1-14(2)17-6-5-7-18(12-17)27-11-8-15(3)21(23(27)29)22(28)26-10-9-19-20(13-26)25-16(4)24-19/h5-8,11-12,14H,9-10,13H2,1-4H3,(H,24,25). The number of carbonyl (C=O) groups is 1. The Morgan fingerprint density at radius 1 is 1.21 bits per heavy atom. The molecule has 3 aromatic rings. The summed E-state index contributed by atoms with van der Waals surface area (Å²) in [6, 6.07) is 9.75. The van der Waals surface area contributed by atoms with Crippen LogP contribution in [0.5, 0.6) is 0 Å². The zero-order valence-corrected chi connectivity index (χ0v) is 17.3. The number of aromatic nitrogens is 3. The van der Waals surface area contributed by atoms with Gasteiger partial charge in [0.15, 0.2) is 0 Å². The number of nitrogens with zero attached hydrogens (tertiary/aromatic N) is 3. The van der Waals surface area contributed by atoms with Gasteiger partial charge in [0.25, 0.3) is 11.5 Å². The average molecular weight is 390 g/mol. The number of aryl methyl sites for hydroxylation is 2. The average Bonchev–Trinajstić information content (AvgIpc) is 3.07. The van der Waals surface area contributed by atoms with Crippen molar-refractivity contribution in [3.63, 3.8) is 0 Å². The predicted molar refractivity (Wildman–Crippen MR) is 113 cm³/mol. The van der Waals surface area contributed by atoms with E-state index in [1.54, 1.807) is 15.7 Å². The Morgan fingerprint density at radius 2 is 2.00 bits per heavy atom. The molecule has 29 heavy (non-hydrogen) atoms. The fraction of sp³-hybridized carbons (Fsp3) is 0.348. The molecule has 1 aliphatic heterocycles. The van der Waals surface area contributed by atoms with Crippen LogP contribution in [0.15, 0.2) is 41.3 Å². The van der Waals surface area contributed by atoms with E-state index < -0.39 is 0 Å². The lowest BCUT2D eigenvalue weighted by Crippen LogP contribution is -2.40. The van der Waals surface area contributed by atoms with Gasteiger partial charge in [-0.05, 0) is 49.1 Å². The number of carbonyl (C=O) groups excluding carboxylic acids is 1. The molecule has 6 heteroatoms. The summed E-state index contributed by atoms with van der Waals surface area (Å²) in [5, 5.41) is 0. The minimum absolute atomic E-state index is 0.222. The van der Waals surface area contributed by atoms with E-state index in [2.05, 4.69) is 29.9 Å². The van der Waals surface area contributed by atoms with Crippen LogP contribution in [0.2, 0.25) is 0 Å². The largest absolute Gasteiger partial charge is 0.344 e. The number of benzene rings is 1. The molecule has 0 unspecified atom stereocenters. The first-order chi connectivity index (χ1) is 13.8. The molecule has 150 valence electrons. The lowest BCUT2D eigenvalue weighted by Gasteiger charge is -2.26. The highest BCUT2D eigenvalue weighted by atomic mass is 16.2. The molecule has 1 amide bonds. The van der Waals surface area contributed by atoms with Crippen molar-refractivity contribution < 1.29 is 4.79 Å². The highest BCUT2D eigenvalue weighted by molar-refractivity contribution is 5.95. The number of hydrogen-bond donors (Lipinski definition) is 1. The van der Waals surface area contributed by atoms with Gasteiger partial charge in [-0.15, -0.1) is 0 Å². The van der Waals surface area contributed by atoms with E-state index in [1.165, 1.54) is 0 Å². The number of H-pyrrole nitrogens is 1. The smallest absolute Gasteiger partial charge is 0.268 e. The molecule has 0 fully saturated rings. The van der Waals surface area contributed by atoms with Crippen molar-refractivity contribution in [3.05, 3.63) is 80.8 Å². The monoisotopic (exact) mass is 390 g/mol. The van der Waals surface area contributed by atoms with E-state index in [-0.39, 0.29) is 17.0 Å².